The maximum Gasteiger partial charge on any atom is 0.0639 e. The van der Waals surface area contributed by atoms with E-state index in [0.29, 0.717) is 0 Å². The molecule has 0 aliphatic carbocycles. The van der Waals surface area contributed by atoms with E-state index in [4.69, 9.17) is 0 Å². The zero-order valence-electron chi connectivity index (χ0n) is 10.8. The Kier molecular flexibility index (Phi) is 3.64. The van der Waals surface area contributed by atoms with Gasteiger partial charge in [-0.3, -0.25) is 4.68 Å². The number of hydrogen-bond donors (Lipinski definition) is 1. The first-order valence-corrected chi connectivity index (χ1v) is 6.04. The Morgan fingerprint density at radius 1 is 1.41 bits per heavy atom. The van der Waals surface area contributed by atoms with Crippen molar-refractivity contribution in [2.75, 3.05) is 7.05 Å². The fraction of sp³-hybridized carbons (Fsp3) is 0.462. The van der Waals surface area contributed by atoms with Gasteiger partial charge in [0.05, 0.1) is 17.9 Å². The first kappa shape index (κ1) is 11.9. The second-order valence-corrected chi connectivity index (χ2v) is 4.33. The van der Waals surface area contributed by atoms with Gasteiger partial charge in [-0.2, -0.15) is 5.10 Å². The molecular weight excluding hydrogens is 212 g/mol. The molecule has 0 saturated carbocycles. The van der Waals surface area contributed by atoms with Crippen molar-refractivity contribution >= 4 is 0 Å². The van der Waals surface area contributed by atoms with Crippen LogP contribution in [-0.2, 0) is 26.6 Å². The Balaban J connectivity index is 2.10. The third-order valence-electron chi connectivity index (χ3n) is 2.93. The van der Waals surface area contributed by atoms with Gasteiger partial charge in [0.15, 0.2) is 0 Å². The lowest BCUT2D eigenvalue weighted by Crippen LogP contribution is -2.05. The Bertz CT molecular complexity index is 481. The third-order valence-corrected chi connectivity index (χ3v) is 2.93. The molecule has 1 N–H and O–H groups in total. The van der Waals surface area contributed by atoms with Crippen molar-refractivity contribution in [1.29, 1.82) is 0 Å². The summed E-state index contributed by atoms with van der Waals surface area (Å²) in [6, 6.07) is 4.32. The Hall–Kier alpha value is -1.55. The molecule has 2 aromatic rings. The van der Waals surface area contributed by atoms with Crippen LogP contribution in [0.1, 0.15) is 23.9 Å². The Morgan fingerprint density at radius 2 is 2.24 bits per heavy atom. The fourth-order valence-corrected chi connectivity index (χ4v) is 1.98. The largest absolute Gasteiger partial charge is 0.348 e. The molecule has 0 aromatic carbocycles. The van der Waals surface area contributed by atoms with E-state index in [2.05, 4.69) is 46.4 Å². The molecule has 0 bridgehead atoms. The zero-order chi connectivity index (χ0) is 12.3. The summed E-state index contributed by atoms with van der Waals surface area (Å²) in [7, 11) is 3.97. The predicted molar refractivity (Wildman–Crippen MR) is 68.9 cm³/mol. The van der Waals surface area contributed by atoms with Crippen LogP contribution < -0.4 is 5.32 Å². The van der Waals surface area contributed by atoms with Crippen LogP contribution in [0.15, 0.2) is 24.5 Å². The Labute approximate surface area is 102 Å². The summed E-state index contributed by atoms with van der Waals surface area (Å²) < 4.78 is 4.17. The van der Waals surface area contributed by atoms with Crippen molar-refractivity contribution in [2.45, 2.75) is 26.4 Å². The van der Waals surface area contributed by atoms with E-state index in [9.17, 15) is 0 Å². The number of hydrogen-bond acceptors (Lipinski definition) is 2. The molecule has 0 unspecified atom stereocenters. The minimum atomic E-state index is 0.882. The molecule has 4 nitrogen and oxygen atoms in total. The number of aryl methyl sites for hydroxylation is 2. The van der Waals surface area contributed by atoms with Crippen LogP contribution >= 0.6 is 0 Å². The standard InChI is InChI=1S/C13H20N4/c1-4-12-7-13(16(3)15-12)10-17-6-5-11(9-17)8-14-2/h5-7,9,14H,4,8,10H2,1-3H3. The normalized spacial score (nSPS) is 11.0. The highest BCUT2D eigenvalue weighted by Crippen LogP contribution is 2.08. The van der Waals surface area contributed by atoms with Crippen molar-refractivity contribution < 1.29 is 0 Å². The molecule has 4 heteroatoms. The number of rotatable bonds is 5. The van der Waals surface area contributed by atoms with E-state index >= 15 is 0 Å². The van der Waals surface area contributed by atoms with Gasteiger partial charge in [-0.15, -0.1) is 0 Å². The van der Waals surface area contributed by atoms with Gasteiger partial charge in [-0.1, -0.05) is 6.92 Å². The molecule has 0 spiro atoms. The first-order chi connectivity index (χ1) is 8.22. The number of nitrogens with one attached hydrogen (secondary N) is 1. The first-order valence-electron chi connectivity index (χ1n) is 6.04. The van der Waals surface area contributed by atoms with E-state index in [0.717, 1.165) is 25.2 Å². The van der Waals surface area contributed by atoms with E-state index < -0.39 is 0 Å². The van der Waals surface area contributed by atoms with Crippen molar-refractivity contribution in [3.05, 3.63) is 41.5 Å². The summed E-state index contributed by atoms with van der Waals surface area (Å²) in [6.45, 7) is 3.93. The fourth-order valence-electron chi connectivity index (χ4n) is 1.98. The van der Waals surface area contributed by atoms with E-state index in [1.165, 1.54) is 11.3 Å². The van der Waals surface area contributed by atoms with Crippen LogP contribution in [-0.4, -0.2) is 21.4 Å². The Morgan fingerprint density at radius 3 is 2.88 bits per heavy atom. The van der Waals surface area contributed by atoms with Crippen molar-refractivity contribution in [3.8, 4) is 0 Å². The van der Waals surface area contributed by atoms with Gasteiger partial charge >= 0.3 is 0 Å². The second kappa shape index (κ2) is 5.19. The van der Waals surface area contributed by atoms with Gasteiger partial charge in [0.25, 0.3) is 0 Å². The summed E-state index contributed by atoms with van der Waals surface area (Å²) >= 11 is 0. The molecule has 0 radical (unpaired) electrons. The van der Waals surface area contributed by atoms with Gasteiger partial charge < -0.3 is 9.88 Å². The van der Waals surface area contributed by atoms with Gasteiger partial charge in [0, 0.05) is 26.0 Å². The molecule has 0 saturated heterocycles. The highest BCUT2D eigenvalue weighted by Gasteiger charge is 2.04. The predicted octanol–water partition coefficient (Wildman–Crippen LogP) is 1.55. The summed E-state index contributed by atoms with van der Waals surface area (Å²) in [5.74, 6) is 0. The molecule has 92 valence electrons. The molecule has 2 rings (SSSR count). The van der Waals surface area contributed by atoms with Crippen LogP contribution in [0.2, 0.25) is 0 Å². The average Bonchev–Trinajstić information content (AvgIpc) is 2.88. The molecule has 0 fully saturated rings. The summed E-state index contributed by atoms with van der Waals surface area (Å²) in [6.07, 6.45) is 5.28. The third kappa shape index (κ3) is 2.77. The van der Waals surface area contributed by atoms with Crippen LogP contribution in [0.3, 0.4) is 0 Å². The van der Waals surface area contributed by atoms with Gasteiger partial charge in [0.1, 0.15) is 0 Å². The van der Waals surface area contributed by atoms with E-state index in [1.54, 1.807) is 0 Å². The van der Waals surface area contributed by atoms with Crippen LogP contribution in [0.25, 0.3) is 0 Å². The summed E-state index contributed by atoms with van der Waals surface area (Å²) in [4.78, 5) is 0. The molecular formula is C13H20N4. The topological polar surface area (TPSA) is 34.8 Å². The molecule has 2 aromatic heterocycles. The summed E-state index contributed by atoms with van der Waals surface area (Å²) in [5.41, 5.74) is 3.71. The zero-order valence-corrected chi connectivity index (χ0v) is 10.8. The molecule has 0 aliphatic heterocycles. The van der Waals surface area contributed by atoms with E-state index in [1.807, 2.05) is 18.8 Å². The van der Waals surface area contributed by atoms with Crippen LogP contribution in [0, 0.1) is 0 Å². The molecule has 2 heterocycles. The summed E-state index contributed by atoms with van der Waals surface area (Å²) in [5, 5.41) is 7.61. The molecule has 0 amide bonds. The van der Waals surface area contributed by atoms with Crippen molar-refractivity contribution in [1.82, 2.24) is 19.7 Å². The van der Waals surface area contributed by atoms with Gasteiger partial charge in [-0.05, 0) is 31.2 Å². The molecule has 0 atom stereocenters. The van der Waals surface area contributed by atoms with Gasteiger partial charge in [-0.25, -0.2) is 0 Å². The number of aromatic nitrogens is 3. The maximum absolute atomic E-state index is 4.46. The number of nitrogens with zero attached hydrogens (tertiary/aromatic N) is 3. The van der Waals surface area contributed by atoms with Crippen molar-refractivity contribution in [3.63, 3.8) is 0 Å². The van der Waals surface area contributed by atoms with Crippen LogP contribution in [0.4, 0.5) is 0 Å². The molecule has 17 heavy (non-hydrogen) atoms. The minimum Gasteiger partial charge on any atom is -0.348 e. The average molecular weight is 232 g/mol. The lowest BCUT2D eigenvalue weighted by atomic mass is 10.3. The lowest BCUT2D eigenvalue weighted by molar-refractivity contribution is 0.660. The second-order valence-electron chi connectivity index (χ2n) is 4.33. The van der Waals surface area contributed by atoms with E-state index in [-0.39, 0.29) is 0 Å². The van der Waals surface area contributed by atoms with Gasteiger partial charge in [0.2, 0.25) is 0 Å². The molecule has 0 aliphatic rings. The SMILES string of the molecule is CCc1cc(Cn2ccc(CNC)c2)n(C)n1. The van der Waals surface area contributed by atoms with Crippen LogP contribution in [0.5, 0.6) is 0 Å². The highest BCUT2D eigenvalue weighted by atomic mass is 15.3. The van der Waals surface area contributed by atoms with Crippen molar-refractivity contribution in [2.24, 2.45) is 7.05 Å². The quantitative estimate of drug-likeness (QED) is 0.849. The monoisotopic (exact) mass is 232 g/mol. The highest BCUT2D eigenvalue weighted by molar-refractivity contribution is 5.14. The lowest BCUT2D eigenvalue weighted by Gasteiger charge is -2.03. The smallest absolute Gasteiger partial charge is 0.0639 e. The minimum absolute atomic E-state index is 0.882. The maximum atomic E-state index is 4.46.